The Kier molecular flexibility index (Phi) is 4.71. The predicted molar refractivity (Wildman–Crippen MR) is 144 cm³/mol. The van der Waals surface area contributed by atoms with E-state index in [0.29, 0.717) is 6.04 Å². The average Bonchev–Trinajstić information content (AvgIpc) is 3.47. The van der Waals surface area contributed by atoms with Gasteiger partial charge in [-0.25, -0.2) is 9.97 Å². The summed E-state index contributed by atoms with van der Waals surface area (Å²) in [5, 5.41) is 7.23. The van der Waals surface area contributed by atoms with Crippen LogP contribution in [0.4, 0.5) is 0 Å². The number of aryl methyl sites for hydroxylation is 1. The Morgan fingerprint density at radius 2 is 1.66 bits per heavy atom. The van der Waals surface area contributed by atoms with Crippen molar-refractivity contribution in [1.29, 1.82) is 0 Å². The fraction of sp³-hybridized carbons (Fsp3) is 0.200. The molecule has 4 heterocycles. The van der Waals surface area contributed by atoms with Crippen LogP contribution in [-0.2, 0) is 7.05 Å². The van der Waals surface area contributed by atoms with Crippen molar-refractivity contribution < 1.29 is 0 Å². The van der Waals surface area contributed by atoms with Crippen molar-refractivity contribution in [2.24, 2.45) is 7.05 Å². The van der Waals surface area contributed by atoms with Gasteiger partial charge in [0.2, 0.25) is 0 Å². The molecule has 0 amide bonds. The van der Waals surface area contributed by atoms with Gasteiger partial charge in [-0.3, -0.25) is 0 Å². The molecule has 1 saturated heterocycles. The van der Waals surface area contributed by atoms with Crippen molar-refractivity contribution >= 4 is 32.8 Å². The number of hydrogen-bond acceptors (Lipinski definition) is 3. The summed E-state index contributed by atoms with van der Waals surface area (Å²) in [5.41, 5.74) is 6.65. The molecule has 3 aromatic heterocycles. The van der Waals surface area contributed by atoms with E-state index in [4.69, 9.17) is 9.97 Å². The van der Waals surface area contributed by atoms with E-state index in [1.54, 1.807) is 0 Å². The number of imidazole rings is 1. The fourth-order valence-electron chi connectivity index (χ4n) is 5.70. The highest BCUT2D eigenvalue weighted by atomic mass is 15.2. The van der Waals surface area contributed by atoms with Crippen LogP contribution >= 0.6 is 0 Å². The van der Waals surface area contributed by atoms with Crippen LogP contribution in [0, 0.1) is 0 Å². The van der Waals surface area contributed by atoms with Crippen molar-refractivity contribution in [1.82, 2.24) is 24.4 Å². The topological polar surface area (TPSA) is 47.7 Å². The number of pyridine rings is 1. The summed E-state index contributed by atoms with van der Waals surface area (Å²) in [6.07, 6.45) is 6.31. The minimum absolute atomic E-state index is 0.370. The van der Waals surface area contributed by atoms with Crippen molar-refractivity contribution in [3.05, 3.63) is 85.2 Å². The van der Waals surface area contributed by atoms with E-state index in [2.05, 4.69) is 100 Å². The first-order chi connectivity index (χ1) is 17.3. The maximum Gasteiger partial charge on any atom is 0.161 e. The monoisotopic (exact) mass is 457 g/mol. The predicted octanol–water partition coefficient (Wildman–Crippen LogP) is 6.33. The van der Waals surface area contributed by atoms with Crippen LogP contribution < -0.4 is 5.32 Å². The van der Waals surface area contributed by atoms with Gasteiger partial charge in [0.05, 0.1) is 0 Å². The summed E-state index contributed by atoms with van der Waals surface area (Å²) in [6.45, 7) is 2.04. The third-order valence-corrected chi connectivity index (χ3v) is 7.45. The summed E-state index contributed by atoms with van der Waals surface area (Å²) in [7, 11) is 2.11. The lowest BCUT2D eigenvalue weighted by Gasteiger charge is -2.25. The molecule has 172 valence electrons. The Morgan fingerprint density at radius 1 is 0.857 bits per heavy atom. The van der Waals surface area contributed by atoms with E-state index >= 15 is 0 Å². The van der Waals surface area contributed by atoms with Gasteiger partial charge in [-0.2, -0.15) is 0 Å². The summed E-state index contributed by atoms with van der Waals surface area (Å²) >= 11 is 0. The van der Waals surface area contributed by atoms with Crippen LogP contribution in [0.25, 0.3) is 55.4 Å². The summed E-state index contributed by atoms with van der Waals surface area (Å²) in [5.74, 6) is 1.02. The average molecular weight is 458 g/mol. The van der Waals surface area contributed by atoms with Gasteiger partial charge in [0.15, 0.2) is 5.65 Å². The molecule has 1 aliphatic heterocycles. The molecule has 1 N–H and O–H groups in total. The van der Waals surface area contributed by atoms with Crippen LogP contribution in [0.3, 0.4) is 0 Å². The van der Waals surface area contributed by atoms with Crippen LogP contribution in [0.5, 0.6) is 0 Å². The summed E-state index contributed by atoms with van der Waals surface area (Å²) in [4.78, 5) is 10.3. The molecule has 5 heteroatoms. The number of para-hydroxylation sites is 1. The van der Waals surface area contributed by atoms with Gasteiger partial charge in [-0.15, -0.1) is 0 Å². The van der Waals surface area contributed by atoms with Gasteiger partial charge in [-0.05, 0) is 60.5 Å². The molecule has 0 radical (unpaired) electrons. The van der Waals surface area contributed by atoms with E-state index < -0.39 is 0 Å². The van der Waals surface area contributed by atoms with Gasteiger partial charge < -0.3 is 14.5 Å². The maximum absolute atomic E-state index is 5.34. The zero-order valence-corrected chi connectivity index (χ0v) is 19.8. The minimum Gasteiger partial charge on any atom is -0.350 e. The van der Waals surface area contributed by atoms with Gasteiger partial charge >= 0.3 is 0 Å². The number of benzene rings is 3. The minimum atomic E-state index is 0.370. The van der Waals surface area contributed by atoms with Gasteiger partial charge in [-0.1, -0.05) is 54.6 Å². The Balaban J connectivity index is 1.51. The van der Waals surface area contributed by atoms with Crippen molar-refractivity contribution in [2.75, 3.05) is 13.1 Å². The largest absolute Gasteiger partial charge is 0.350 e. The number of piperidine rings is 1. The quantitative estimate of drug-likeness (QED) is 0.338. The number of nitrogens with zero attached hydrogens (tertiary/aromatic N) is 4. The standard InChI is InChI=1S/C30H27N5/c1-34-19-26(25-8-4-5-9-27(25)34)29-33-28-24(22-11-10-20-6-2-3-7-21(20)18-22)14-17-32-30(28)35(29)23-12-15-31-16-13-23/h2-11,14,17-19,23,31H,12-13,15-16H2,1H3. The highest BCUT2D eigenvalue weighted by Gasteiger charge is 2.26. The molecule has 0 unspecified atom stereocenters. The van der Waals surface area contributed by atoms with Gasteiger partial charge in [0.25, 0.3) is 0 Å². The zero-order chi connectivity index (χ0) is 23.4. The fourth-order valence-corrected chi connectivity index (χ4v) is 5.70. The normalized spacial score (nSPS) is 14.9. The molecule has 5 nitrogen and oxygen atoms in total. The molecular weight excluding hydrogens is 430 g/mol. The smallest absolute Gasteiger partial charge is 0.161 e. The summed E-state index contributed by atoms with van der Waals surface area (Å²) < 4.78 is 4.62. The van der Waals surface area contributed by atoms with E-state index in [0.717, 1.165) is 48.5 Å². The first-order valence-electron chi connectivity index (χ1n) is 12.4. The highest BCUT2D eigenvalue weighted by molar-refractivity contribution is 5.99. The lowest BCUT2D eigenvalue weighted by molar-refractivity contribution is 0.376. The second-order valence-corrected chi connectivity index (χ2v) is 9.55. The van der Waals surface area contributed by atoms with Crippen molar-refractivity contribution in [3.63, 3.8) is 0 Å². The van der Waals surface area contributed by atoms with Crippen LogP contribution in [-0.4, -0.2) is 32.2 Å². The number of rotatable bonds is 3. The van der Waals surface area contributed by atoms with Crippen molar-refractivity contribution in [3.8, 4) is 22.5 Å². The molecule has 1 fully saturated rings. The Labute approximate surface area is 204 Å². The molecule has 6 aromatic rings. The molecule has 0 saturated carbocycles. The van der Waals surface area contributed by atoms with Crippen LogP contribution in [0.15, 0.2) is 85.2 Å². The Morgan fingerprint density at radius 3 is 2.54 bits per heavy atom. The lowest BCUT2D eigenvalue weighted by Crippen LogP contribution is -2.29. The second-order valence-electron chi connectivity index (χ2n) is 9.55. The first-order valence-corrected chi connectivity index (χ1v) is 12.4. The molecule has 0 atom stereocenters. The van der Waals surface area contributed by atoms with E-state index in [-0.39, 0.29) is 0 Å². The molecule has 35 heavy (non-hydrogen) atoms. The molecule has 0 aliphatic carbocycles. The number of aromatic nitrogens is 4. The Bertz CT molecular complexity index is 1700. The van der Waals surface area contributed by atoms with E-state index in [9.17, 15) is 0 Å². The molecule has 1 aliphatic rings. The van der Waals surface area contributed by atoms with Crippen molar-refractivity contribution in [2.45, 2.75) is 18.9 Å². The number of fused-ring (bicyclic) bond motifs is 3. The molecule has 7 rings (SSSR count). The SMILES string of the molecule is Cn1cc(-c2nc3c(-c4ccc5ccccc5c4)ccnc3n2C2CCNCC2)c2ccccc21. The second kappa shape index (κ2) is 8.07. The first kappa shape index (κ1) is 20.4. The molecule has 3 aromatic carbocycles. The zero-order valence-electron chi connectivity index (χ0n) is 19.8. The Hall–Kier alpha value is -3.96. The van der Waals surface area contributed by atoms with Crippen LogP contribution in [0.2, 0.25) is 0 Å². The molecular formula is C30H27N5. The molecule has 0 bridgehead atoms. The lowest BCUT2D eigenvalue weighted by atomic mass is 10.0. The number of nitrogens with one attached hydrogen (secondary N) is 1. The maximum atomic E-state index is 5.34. The van der Waals surface area contributed by atoms with Crippen LogP contribution in [0.1, 0.15) is 18.9 Å². The summed E-state index contributed by atoms with van der Waals surface area (Å²) in [6, 6.07) is 26.3. The van der Waals surface area contributed by atoms with Gasteiger partial charge in [0.1, 0.15) is 11.3 Å². The van der Waals surface area contributed by atoms with Gasteiger partial charge in [0, 0.05) is 47.5 Å². The molecule has 0 spiro atoms. The third kappa shape index (κ3) is 3.27. The number of hydrogen-bond donors (Lipinski definition) is 1. The van der Waals surface area contributed by atoms with E-state index in [1.165, 1.54) is 32.8 Å². The highest BCUT2D eigenvalue weighted by Crippen LogP contribution is 2.38. The van der Waals surface area contributed by atoms with E-state index in [1.807, 2.05) is 6.20 Å². The third-order valence-electron chi connectivity index (χ3n) is 7.45.